The van der Waals surface area contributed by atoms with Crippen LogP contribution in [0.15, 0.2) is 24.3 Å². The van der Waals surface area contributed by atoms with Crippen LogP contribution in [-0.2, 0) is 9.59 Å². The summed E-state index contributed by atoms with van der Waals surface area (Å²) in [6.45, 7) is 3.68. The Morgan fingerprint density at radius 3 is 2.33 bits per heavy atom. The molecule has 27 heavy (non-hydrogen) atoms. The minimum absolute atomic E-state index is 0.0584. The van der Waals surface area contributed by atoms with E-state index in [9.17, 15) is 9.59 Å². The van der Waals surface area contributed by atoms with Gasteiger partial charge in [-0.3, -0.25) is 14.5 Å². The van der Waals surface area contributed by atoms with Crippen molar-refractivity contribution in [3.05, 3.63) is 24.3 Å². The van der Waals surface area contributed by atoms with E-state index in [1.165, 1.54) is 38.5 Å². The van der Waals surface area contributed by atoms with E-state index >= 15 is 0 Å². The van der Waals surface area contributed by atoms with Crippen molar-refractivity contribution >= 4 is 35.0 Å². The van der Waals surface area contributed by atoms with Crippen molar-refractivity contribution in [1.29, 1.82) is 0 Å². The Morgan fingerprint density at radius 2 is 1.70 bits per heavy atom. The van der Waals surface area contributed by atoms with Gasteiger partial charge >= 0.3 is 0 Å². The third kappa shape index (κ3) is 2.81. The van der Waals surface area contributed by atoms with Gasteiger partial charge < -0.3 is 5.32 Å². The first-order chi connectivity index (χ1) is 12.9. The molecule has 1 aliphatic heterocycles. The van der Waals surface area contributed by atoms with Crippen LogP contribution in [-0.4, -0.2) is 27.9 Å². The van der Waals surface area contributed by atoms with Gasteiger partial charge in [-0.2, -0.15) is 0 Å². The van der Waals surface area contributed by atoms with Crippen LogP contribution < -0.4 is 10.2 Å². The summed E-state index contributed by atoms with van der Waals surface area (Å²) in [5, 5.41) is 2.95. The number of anilines is 2. The van der Waals surface area contributed by atoms with Crippen LogP contribution in [0.25, 0.3) is 0 Å². The molecule has 0 aromatic heterocycles. The Kier molecular flexibility index (Phi) is 3.91. The second-order valence-electron chi connectivity index (χ2n) is 9.65. The summed E-state index contributed by atoms with van der Waals surface area (Å²) in [5.41, 5.74) is 0.682. The number of thioether (sulfide) groups is 1. The molecule has 0 saturated heterocycles. The second kappa shape index (κ2) is 6.00. The molecule has 6 rings (SSSR count). The van der Waals surface area contributed by atoms with Gasteiger partial charge in [0.15, 0.2) is 0 Å². The number of para-hydroxylation sites is 2. The van der Waals surface area contributed by atoms with Crippen LogP contribution in [0.1, 0.15) is 52.4 Å². The molecule has 0 radical (unpaired) electrons. The predicted molar refractivity (Wildman–Crippen MR) is 110 cm³/mol. The Labute approximate surface area is 165 Å². The molecule has 144 valence electrons. The fourth-order valence-corrected chi connectivity index (χ4v) is 8.01. The van der Waals surface area contributed by atoms with Gasteiger partial charge in [0.1, 0.15) is 5.54 Å². The summed E-state index contributed by atoms with van der Waals surface area (Å²) < 4.78 is 0.312. The van der Waals surface area contributed by atoms with E-state index in [4.69, 9.17) is 0 Å². The Bertz CT molecular complexity index is 768. The number of fused-ring (bicyclic) bond motifs is 1. The number of nitrogens with one attached hydrogen (secondary N) is 1. The van der Waals surface area contributed by atoms with E-state index in [2.05, 4.69) is 5.32 Å². The van der Waals surface area contributed by atoms with E-state index in [0.29, 0.717) is 10.5 Å². The first-order valence-corrected chi connectivity index (χ1v) is 11.2. The minimum atomic E-state index is -0.868. The number of carbonyl (C=O) groups excluding carboxylic acids is 2. The van der Waals surface area contributed by atoms with Crippen molar-refractivity contribution < 1.29 is 9.59 Å². The van der Waals surface area contributed by atoms with Crippen LogP contribution in [0.3, 0.4) is 0 Å². The number of carbonyl (C=O) groups is 2. The second-order valence-corrected chi connectivity index (χ2v) is 11.1. The van der Waals surface area contributed by atoms with E-state index in [0.717, 1.165) is 29.1 Å². The molecular formula is C22H28N2O2S. The molecule has 4 bridgehead atoms. The molecule has 0 spiro atoms. The van der Waals surface area contributed by atoms with Crippen LogP contribution >= 0.6 is 11.8 Å². The molecule has 0 unspecified atom stereocenters. The van der Waals surface area contributed by atoms with E-state index in [-0.39, 0.29) is 11.8 Å². The SMILES string of the molecule is CC1(C)C(=O)Nc2ccccc2N1C(=O)CSC12CC3CC(CC(C3)C1)C2. The first kappa shape index (κ1) is 17.6. The van der Waals surface area contributed by atoms with E-state index in [1.807, 2.05) is 49.9 Å². The maximum absolute atomic E-state index is 13.3. The molecule has 5 aliphatic rings. The zero-order valence-corrected chi connectivity index (χ0v) is 17.0. The third-order valence-corrected chi connectivity index (χ3v) is 8.74. The number of nitrogens with zero attached hydrogens (tertiary/aromatic N) is 1. The van der Waals surface area contributed by atoms with Crippen molar-refractivity contribution in [1.82, 2.24) is 0 Å². The molecule has 1 heterocycles. The van der Waals surface area contributed by atoms with Gasteiger partial charge in [0.25, 0.3) is 0 Å². The molecule has 0 atom stereocenters. The van der Waals surface area contributed by atoms with Crippen molar-refractivity contribution in [2.75, 3.05) is 16.0 Å². The molecule has 2 amide bonds. The molecule has 1 N–H and O–H groups in total. The fourth-order valence-electron chi connectivity index (χ4n) is 6.39. The molecule has 4 fully saturated rings. The molecule has 4 aliphatic carbocycles. The number of benzene rings is 1. The lowest BCUT2D eigenvalue weighted by Gasteiger charge is -2.56. The zero-order valence-electron chi connectivity index (χ0n) is 16.2. The highest BCUT2D eigenvalue weighted by molar-refractivity contribution is 8.01. The van der Waals surface area contributed by atoms with Crippen molar-refractivity contribution in [3.8, 4) is 0 Å². The van der Waals surface area contributed by atoms with Gasteiger partial charge in [0.05, 0.1) is 17.1 Å². The Balaban J connectivity index is 1.37. The van der Waals surface area contributed by atoms with Gasteiger partial charge in [-0.1, -0.05) is 12.1 Å². The molecule has 4 saturated carbocycles. The van der Waals surface area contributed by atoms with Gasteiger partial charge in [-0.05, 0) is 82.3 Å². The standard InChI is InChI=1S/C22H28N2O2S/c1-21(2)20(26)23-17-5-3-4-6-18(17)24(21)19(25)13-27-22-10-14-7-15(11-22)9-16(8-14)12-22/h3-6,14-16H,7-13H2,1-2H3,(H,23,26). The monoisotopic (exact) mass is 384 g/mol. The van der Waals surface area contributed by atoms with E-state index in [1.54, 1.807) is 4.90 Å². The van der Waals surface area contributed by atoms with Gasteiger partial charge in [0, 0.05) is 4.75 Å². The van der Waals surface area contributed by atoms with Crippen molar-refractivity contribution in [3.63, 3.8) is 0 Å². The average Bonchev–Trinajstić information content (AvgIpc) is 2.59. The van der Waals surface area contributed by atoms with Gasteiger partial charge in [-0.25, -0.2) is 0 Å². The van der Waals surface area contributed by atoms with Crippen LogP contribution in [0, 0.1) is 17.8 Å². The smallest absolute Gasteiger partial charge is 0.250 e. The summed E-state index contributed by atoms with van der Waals surface area (Å²) in [7, 11) is 0. The van der Waals surface area contributed by atoms with Crippen LogP contribution in [0.2, 0.25) is 0 Å². The number of hydrogen-bond acceptors (Lipinski definition) is 3. The van der Waals surface area contributed by atoms with Crippen molar-refractivity contribution in [2.45, 2.75) is 62.7 Å². The summed E-state index contributed by atoms with van der Waals surface area (Å²) in [6, 6.07) is 7.63. The van der Waals surface area contributed by atoms with Crippen LogP contribution in [0.4, 0.5) is 11.4 Å². The van der Waals surface area contributed by atoms with Crippen molar-refractivity contribution in [2.24, 2.45) is 17.8 Å². The number of hydrogen-bond donors (Lipinski definition) is 1. The maximum atomic E-state index is 13.3. The number of rotatable bonds is 3. The minimum Gasteiger partial charge on any atom is -0.322 e. The normalized spacial score (nSPS) is 35.7. The average molecular weight is 385 g/mol. The zero-order chi connectivity index (χ0) is 18.8. The molecule has 1 aromatic carbocycles. The topological polar surface area (TPSA) is 49.4 Å². The molecular weight excluding hydrogens is 356 g/mol. The fraction of sp³-hybridized carbons (Fsp3) is 0.636. The number of amides is 2. The highest BCUT2D eigenvalue weighted by Crippen LogP contribution is 2.60. The van der Waals surface area contributed by atoms with E-state index < -0.39 is 5.54 Å². The Hall–Kier alpha value is -1.49. The lowest BCUT2D eigenvalue weighted by Crippen LogP contribution is -2.59. The molecule has 1 aromatic rings. The Morgan fingerprint density at radius 1 is 1.11 bits per heavy atom. The quantitative estimate of drug-likeness (QED) is 0.837. The highest BCUT2D eigenvalue weighted by atomic mass is 32.2. The third-order valence-electron chi connectivity index (χ3n) is 7.24. The largest absolute Gasteiger partial charge is 0.322 e. The summed E-state index contributed by atoms with van der Waals surface area (Å²) in [6.07, 6.45) is 8.12. The first-order valence-electron chi connectivity index (χ1n) is 10.2. The summed E-state index contributed by atoms with van der Waals surface area (Å²) in [4.78, 5) is 27.7. The predicted octanol–water partition coefficient (Wildman–Crippen LogP) is 4.45. The molecule has 5 heteroatoms. The molecule has 4 nitrogen and oxygen atoms in total. The summed E-state index contributed by atoms with van der Waals surface area (Å²) >= 11 is 1.89. The van der Waals surface area contributed by atoms with Gasteiger partial charge in [-0.15, -0.1) is 11.8 Å². The van der Waals surface area contributed by atoms with Crippen LogP contribution in [0.5, 0.6) is 0 Å². The lowest BCUT2D eigenvalue weighted by molar-refractivity contribution is -0.125. The summed E-state index contributed by atoms with van der Waals surface area (Å²) in [5.74, 6) is 3.07. The maximum Gasteiger partial charge on any atom is 0.250 e. The van der Waals surface area contributed by atoms with Gasteiger partial charge in [0.2, 0.25) is 11.8 Å². The highest BCUT2D eigenvalue weighted by Gasteiger charge is 2.52. The lowest BCUT2D eigenvalue weighted by atomic mass is 9.56.